The molecule has 1 saturated carbocycles. The number of fused-ring (bicyclic) bond motifs is 5. The van der Waals surface area contributed by atoms with Gasteiger partial charge in [0.1, 0.15) is 17.3 Å². The zero-order valence-corrected chi connectivity index (χ0v) is 9.45. The summed E-state index contributed by atoms with van der Waals surface area (Å²) in [5, 5.41) is 0. The average Bonchev–Trinajstić information content (AvgIpc) is 2.82. The van der Waals surface area contributed by atoms with Crippen LogP contribution in [0.3, 0.4) is 0 Å². The van der Waals surface area contributed by atoms with Crippen LogP contribution in [-0.4, -0.2) is 20.0 Å². The highest BCUT2D eigenvalue weighted by Gasteiger charge is 2.48. The number of carbonyl (C=O) groups is 1. The van der Waals surface area contributed by atoms with E-state index in [-0.39, 0.29) is 11.8 Å². The van der Waals surface area contributed by atoms with E-state index in [4.69, 9.17) is 9.47 Å². The summed E-state index contributed by atoms with van der Waals surface area (Å²) < 4.78 is 10.7. The number of ether oxygens (including phenoxy) is 2. The van der Waals surface area contributed by atoms with Crippen molar-refractivity contribution in [2.45, 2.75) is 24.7 Å². The second kappa shape index (κ2) is 3.24. The molecule has 1 fully saturated rings. The molecule has 3 heteroatoms. The van der Waals surface area contributed by atoms with E-state index in [9.17, 15) is 4.79 Å². The summed E-state index contributed by atoms with van der Waals surface area (Å²) in [5.74, 6) is 2.10. The molecule has 2 aliphatic rings. The second-order valence-corrected chi connectivity index (χ2v) is 4.38. The molecule has 1 aromatic rings. The zero-order valence-electron chi connectivity index (χ0n) is 9.45. The first-order valence-corrected chi connectivity index (χ1v) is 5.56. The van der Waals surface area contributed by atoms with Crippen LogP contribution in [0.5, 0.6) is 11.5 Å². The second-order valence-electron chi connectivity index (χ2n) is 4.38. The van der Waals surface area contributed by atoms with Crippen molar-refractivity contribution in [3.63, 3.8) is 0 Å². The Bertz CT molecular complexity index is 423. The van der Waals surface area contributed by atoms with Crippen LogP contribution in [0.25, 0.3) is 0 Å². The van der Waals surface area contributed by atoms with Gasteiger partial charge in [-0.3, -0.25) is 4.79 Å². The first-order chi connectivity index (χ1) is 7.77. The van der Waals surface area contributed by atoms with Gasteiger partial charge < -0.3 is 9.47 Å². The van der Waals surface area contributed by atoms with Crippen molar-refractivity contribution in [3.05, 3.63) is 23.3 Å². The smallest absolute Gasteiger partial charge is 0.148 e. The van der Waals surface area contributed by atoms with Gasteiger partial charge >= 0.3 is 0 Å². The Hall–Kier alpha value is -1.51. The number of ketones is 1. The largest absolute Gasteiger partial charge is 0.496 e. The SMILES string of the molecule is COc1ccc(OC)c2c1C1CCC2C1=O. The molecule has 0 aliphatic heterocycles. The number of rotatable bonds is 2. The summed E-state index contributed by atoms with van der Waals surface area (Å²) in [5.41, 5.74) is 2.14. The Morgan fingerprint density at radius 2 is 1.44 bits per heavy atom. The van der Waals surface area contributed by atoms with Gasteiger partial charge in [-0.15, -0.1) is 0 Å². The third-order valence-electron chi connectivity index (χ3n) is 3.77. The molecular formula is C13H14O3. The quantitative estimate of drug-likeness (QED) is 0.763. The van der Waals surface area contributed by atoms with Crippen molar-refractivity contribution in [1.29, 1.82) is 0 Å². The third kappa shape index (κ3) is 1.01. The molecule has 2 atom stereocenters. The first-order valence-electron chi connectivity index (χ1n) is 5.56. The molecule has 2 bridgehead atoms. The van der Waals surface area contributed by atoms with Crippen LogP contribution >= 0.6 is 0 Å². The molecule has 84 valence electrons. The third-order valence-corrected chi connectivity index (χ3v) is 3.77. The number of carbonyl (C=O) groups excluding carboxylic acids is 1. The van der Waals surface area contributed by atoms with Crippen LogP contribution in [-0.2, 0) is 4.79 Å². The van der Waals surface area contributed by atoms with E-state index >= 15 is 0 Å². The van der Waals surface area contributed by atoms with Gasteiger partial charge in [0, 0.05) is 23.0 Å². The molecular weight excluding hydrogens is 204 g/mol. The van der Waals surface area contributed by atoms with E-state index in [2.05, 4.69) is 0 Å². The molecule has 0 aromatic heterocycles. The van der Waals surface area contributed by atoms with Crippen molar-refractivity contribution >= 4 is 5.78 Å². The molecule has 0 radical (unpaired) electrons. The summed E-state index contributed by atoms with van der Waals surface area (Å²) >= 11 is 0. The maximum Gasteiger partial charge on any atom is 0.148 e. The van der Waals surface area contributed by atoms with Crippen molar-refractivity contribution in [2.24, 2.45) is 0 Å². The topological polar surface area (TPSA) is 35.5 Å². The molecule has 3 nitrogen and oxygen atoms in total. The fraction of sp³-hybridized carbons (Fsp3) is 0.462. The first kappa shape index (κ1) is 9.70. The minimum Gasteiger partial charge on any atom is -0.496 e. The molecule has 0 heterocycles. The van der Waals surface area contributed by atoms with Crippen molar-refractivity contribution < 1.29 is 14.3 Å². The Morgan fingerprint density at radius 3 is 1.81 bits per heavy atom. The molecule has 2 aliphatic carbocycles. The Morgan fingerprint density at radius 1 is 1.00 bits per heavy atom. The van der Waals surface area contributed by atoms with Gasteiger partial charge in [-0.2, -0.15) is 0 Å². The van der Waals surface area contributed by atoms with E-state index in [1.165, 1.54) is 0 Å². The van der Waals surface area contributed by atoms with Crippen molar-refractivity contribution in [3.8, 4) is 11.5 Å². The van der Waals surface area contributed by atoms with Crippen LogP contribution in [0.4, 0.5) is 0 Å². The normalized spacial score (nSPS) is 25.8. The van der Waals surface area contributed by atoms with Gasteiger partial charge in [0.15, 0.2) is 0 Å². The van der Waals surface area contributed by atoms with Gasteiger partial charge in [-0.25, -0.2) is 0 Å². The lowest BCUT2D eigenvalue weighted by atomic mass is 9.90. The highest BCUT2D eigenvalue weighted by Crippen LogP contribution is 2.56. The highest BCUT2D eigenvalue weighted by molar-refractivity contribution is 6.00. The summed E-state index contributed by atoms with van der Waals surface area (Å²) in [6.45, 7) is 0. The van der Waals surface area contributed by atoms with Gasteiger partial charge in [-0.05, 0) is 25.0 Å². The monoisotopic (exact) mass is 218 g/mol. The number of hydrogen-bond donors (Lipinski definition) is 0. The van der Waals surface area contributed by atoms with E-state index in [0.717, 1.165) is 35.5 Å². The molecule has 0 spiro atoms. The molecule has 1 aromatic carbocycles. The predicted molar refractivity (Wildman–Crippen MR) is 59.3 cm³/mol. The van der Waals surface area contributed by atoms with Crippen LogP contribution < -0.4 is 9.47 Å². The molecule has 3 rings (SSSR count). The minimum absolute atomic E-state index is 0.0463. The van der Waals surface area contributed by atoms with E-state index < -0.39 is 0 Å². The number of hydrogen-bond acceptors (Lipinski definition) is 3. The van der Waals surface area contributed by atoms with Gasteiger partial charge in [0.05, 0.1) is 14.2 Å². The van der Waals surface area contributed by atoms with Crippen LogP contribution in [0.2, 0.25) is 0 Å². The average molecular weight is 218 g/mol. The Balaban J connectivity index is 2.26. The lowest BCUT2D eigenvalue weighted by molar-refractivity contribution is -0.119. The summed E-state index contributed by atoms with van der Waals surface area (Å²) in [4.78, 5) is 12.0. The standard InChI is InChI=1S/C13H14O3/c1-15-9-5-6-10(16-2)12-8-4-3-7(11(9)12)13(8)14/h5-8H,3-4H2,1-2H3. The zero-order chi connectivity index (χ0) is 11.3. The fourth-order valence-corrected chi connectivity index (χ4v) is 3.11. The molecule has 0 N–H and O–H groups in total. The fourth-order valence-electron chi connectivity index (χ4n) is 3.11. The maximum absolute atomic E-state index is 12.0. The lowest BCUT2D eigenvalue weighted by Crippen LogP contribution is -2.03. The number of benzene rings is 1. The van der Waals surface area contributed by atoms with E-state index in [1.807, 2.05) is 12.1 Å². The minimum atomic E-state index is 0.0463. The van der Waals surface area contributed by atoms with E-state index in [1.54, 1.807) is 14.2 Å². The van der Waals surface area contributed by atoms with Gasteiger partial charge in [0.2, 0.25) is 0 Å². The number of methoxy groups -OCH3 is 2. The molecule has 2 unspecified atom stereocenters. The maximum atomic E-state index is 12.0. The van der Waals surface area contributed by atoms with Crippen molar-refractivity contribution in [2.75, 3.05) is 14.2 Å². The molecule has 0 amide bonds. The molecule has 0 saturated heterocycles. The Labute approximate surface area is 94.4 Å². The van der Waals surface area contributed by atoms with Gasteiger partial charge in [0.25, 0.3) is 0 Å². The summed E-state index contributed by atoms with van der Waals surface area (Å²) in [6.07, 6.45) is 1.92. The number of Topliss-reactive ketones (excluding diaryl/α,β-unsaturated/α-hetero) is 1. The lowest BCUT2D eigenvalue weighted by Gasteiger charge is -2.19. The summed E-state index contributed by atoms with van der Waals surface area (Å²) in [6, 6.07) is 3.79. The van der Waals surface area contributed by atoms with Crippen LogP contribution in [0, 0.1) is 0 Å². The van der Waals surface area contributed by atoms with Crippen LogP contribution in [0.1, 0.15) is 35.8 Å². The predicted octanol–water partition coefficient (Wildman–Crippen LogP) is 2.25. The van der Waals surface area contributed by atoms with Crippen LogP contribution in [0.15, 0.2) is 12.1 Å². The Kier molecular flexibility index (Phi) is 1.96. The van der Waals surface area contributed by atoms with E-state index in [0.29, 0.717) is 5.78 Å². The highest BCUT2D eigenvalue weighted by atomic mass is 16.5. The molecule has 16 heavy (non-hydrogen) atoms. The van der Waals surface area contributed by atoms with Gasteiger partial charge in [-0.1, -0.05) is 0 Å². The van der Waals surface area contributed by atoms with Crippen molar-refractivity contribution in [1.82, 2.24) is 0 Å². The summed E-state index contributed by atoms with van der Waals surface area (Å²) in [7, 11) is 3.30.